The first kappa shape index (κ1) is 13.9. The van der Waals surface area contributed by atoms with Crippen LogP contribution in [-0.4, -0.2) is 43.0 Å². The smallest absolute Gasteiger partial charge is 0.0451 e. The van der Waals surface area contributed by atoms with E-state index in [1.807, 2.05) is 6.07 Å². The lowest BCUT2D eigenvalue weighted by Gasteiger charge is -2.35. The Morgan fingerprint density at radius 3 is 2.56 bits per heavy atom. The molecule has 2 nitrogen and oxygen atoms in total. The molecule has 0 radical (unpaired) electrons. The molecule has 1 fully saturated rings. The Bertz CT molecular complexity index is 395. The van der Waals surface area contributed by atoms with E-state index in [2.05, 4.69) is 43.0 Å². The Morgan fingerprint density at radius 2 is 1.94 bits per heavy atom. The number of benzene rings is 1. The van der Waals surface area contributed by atoms with E-state index >= 15 is 0 Å². The van der Waals surface area contributed by atoms with Gasteiger partial charge < -0.3 is 4.90 Å². The summed E-state index contributed by atoms with van der Waals surface area (Å²) in [6, 6.07) is 7.04. The number of nitrogens with zero attached hydrogens (tertiary/aromatic N) is 2. The van der Waals surface area contributed by atoms with Gasteiger partial charge in [-0.05, 0) is 58.6 Å². The molecular formula is C15H23ClN2. The van der Waals surface area contributed by atoms with E-state index in [-0.39, 0.29) is 0 Å². The van der Waals surface area contributed by atoms with Crippen molar-refractivity contribution in [2.75, 3.05) is 27.2 Å². The minimum absolute atomic E-state index is 0.745. The Labute approximate surface area is 116 Å². The van der Waals surface area contributed by atoms with E-state index in [1.54, 1.807) is 0 Å². The molecule has 3 heteroatoms. The molecule has 0 atom stereocenters. The molecule has 18 heavy (non-hydrogen) atoms. The average Bonchev–Trinajstić information content (AvgIpc) is 2.34. The molecule has 1 saturated heterocycles. The van der Waals surface area contributed by atoms with E-state index in [0.717, 1.165) is 17.6 Å². The van der Waals surface area contributed by atoms with Gasteiger partial charge in [-0.15, -0.1) is 0 Å². The first-order chi connectivity index (χ1) is 8.56. The second-order valence-corrected chi connectivity index (χ2v) is 5.97. The molecule has 100 valence electrons. The van der Waals surface area contributed by atoms with Crippen molar-refractivity contribution in [3.63, 3.8) is 0 Å². The Morgan fingerprint density at radius 1 is 1.28 bits per heavy atom. The molecule has 0 aliphatic carbocycles. The largest absolute Gasteiger partial charge is 0.306 e. The zero-order valence-electron chi connectivity index (χ0n) is 11.6. The third kappa shape index (κ3) is 3.47. The number of halogens is 1. The number of hydrogen-bond donors (Lipinski definition) is 0. The molecule has 2 rings (SSSR count). The van der Waals surface area contributed by atoms with E-state index < -0.39 is 0 Å². The molecule has 1 aliphatic heterocycles. The van der Waals surface area contributed by atoms with Gasteiger partial charge in [0.15, 0.2) is 0 Å². The molecular weight excluding hydrogens is 244 g/mol. The lowest BCUT2D eigenvalue weighted by Crippen LogP contribution is -2.41. The standard InChI is InChI=1S/C15H23ClN2/c1-12-4-5-15(16)13(10-12)11-18-8-6-14(7-9-18)17(2)3/h4-5,10,14H,6-9,11H2,1-3H3. The Kier molecular flexibility index (Phi) is 4.66. The van der Waals surface area contributed by atoms with E-state index in [0.29, 0.717) is 0 Å². The van der Waals surface area contributed by atoms with Gasteiger partial charge in [0.2, 0.25) is 0 Å². The zero-order valence-corrected chi connectivity index (χ0v) is 12.4. The van der Waals surface area contributed by atoms with Crippen molar-refractivity contribution >= 4 is 11.6 Å². The van der Waals surface area contributed by atoms with Gasteiger partial charge in [-0.25, -0.2) is 0 Å². The molecule has 0 amide bonds. The van der Waals surface area contributed by atoms with Crippen LogP contribution < -0.4 is 0 Å². The van der Waals surface area contributed by atoms with Crippen molar-refractivity contribution in [1.82, 2.24) is 9.80 Å². The average molecular weight is 267 g/mol. The number of rotatable bonds is 3. The highest BCUT2D eigenvalue weighted by atomic mass is 35.5. The minimum atomic E-state index is 0.745. The van der Waals surface area contributed by atoms with Gasteiger partial charge in [-0.2, -0.15) is 0 Å². The van der Waals surface area contributed by atoms with Crippen LogP contribution in [0.2, 0.25) is 5.02 Å². The zero-order chi connectivity index (χ0) is 13.1. The fourth-order valence-electron chi connectivity index (χ4n) is 2.66. The second-order valence-electron chi connectivity index (χ2n) is 5.57. The molecule has 0 N–H and O–H groups in total. The first-order valence-electron chi connectivity index (χ1n) is 6.70. The van der Waals surface area contributed by atoms with Gasteiger partial charge in [0.25, 0.3) is 0 Å². The highest BCUT2D eigenvalue weighted by molar-refractivity contribution is 6.31. The maximum atomic E-state index is 6.26. The van der Waals surface area contributed by atoms with Crippen molar-refractivity contribution in [2.24, 2.45) is 0 Å². The van der Waals surface area contributed by atoms with Crippen LogP contribution in [0.3, 0.4) is 0 Å². The minimum Gasteiger partial charge on any atom is -0.306 e. The molecule has 1 aliphatic rings. The summed E-state index contributed by atoms with van der Waals surface area (Å²) in [6.07, 6.45) is 2.52. The third-order valence-corrected chi connectivity index (χ3v) is 4.25. The van der Waals surface area contributed by atoms with Crippen LogP contribution in [0.4, 0.5) is 0 Å². The fourth-order valence-corrected chi connectivity index (χ4v) is 2.84. The molecule has 0 aromatic heterocycles. The Balaban J connectivity index is 1.93. The quantitative estimate of drug-likeness (QED) is 0.829. The van der Waals surface area contributed by atoms with Gasteiger partial charge in [-0.1, -0.05) is 29.3 Å². The lowest BCUT2D eigenvalue weighted by atomic mass is 10.0. The van der Waals surface area contributed by atoms with Crippen LogP contribution in [-0.2, 0) is 6.54 Å². The number of likely N-dealkylation sites (tertiary alicyclic amines) is 1. The third-order valence-electron chi connectivity index (χ3n) is 3.88. The maximum Gasteiger partial charge on any atom is 0.0451 e. The van der Waals surface area contributed by atoms with Crippen molar-refractivity contribution in [2.45, 2.75) is 32.4 Å². The predicted molar refractivity (Wildman–Crippen MR) is 78.2 cm³/mol. The monoisotopic (exact) mass is 266 g/mol. The van der Waals surface area contributed by atoms with Gasteiger partial charge in [0, 0.05) is 17.6 Å². The summed E-state index contributed by atoms with van der Waals surface area (Å²) in [4.78, 5) is 4.86. The maximum absolute atomic E-state index is 6.26. The summed E-state index contributed by atoms with van der Waals surface area (Å²) in [5.41, 5.74) is 2.55. The van der Waals surface area contributed by atoms with Crippen LogP contribution in [0.25, 0.3) is 0 Å². The van der Waals surface area contributed by atoms with Crippen LogP contribution in [0.5, 0.6) is 0 Å². The highest BCUT2D eigenvalue weighted by Crippen LogP contribution is 2.22. The molecule has 1 aromatic carbocycles. The van der Waals surface area contributed by atoms with Gasteiger partial charge >= 0.3 is 0 Å². The molecule has 0 bridgehead atoms. The molecule has 1 aromatic rings. The van der Waals surface area contributed by atoms with Crippen molar-refractivity contribution in [3.05, 3.63) is 34.3 Å². The summed E-state index contributed by atoms with van der Waals surface area (Å²) in [5, 5.41) is 0.898. The van der Waals surface area contributed by atoms with Gasteiger partial charge in [-0.3, -0.25) is 4.90 Å². The molecule has 0 unspecified atom stereocenters. The van der Waals surface area contributed by atoms with Crippen LogP contribution >= 0.6 is 11.6 Å². The van der Waals surface area contributed by atoms with Crippen molar-refractivity contribution < 1.29 is 0 Å². The fraction of sp³-hybridized carbons (Fsp3) is 0.600. The summed E-state index contributed by atoms with van der Waals surface area (Å²) < 4.78 is 0. The van der Waals surface area contributed by atoms with E-state index in [9.17, 15) is 0 Å². The predicted octanol–water partition coefficient (Wildman–Crippen LogP) is 3.17. The topological polar surface area (TPSA) is 6.48 Å². The normalized spacial score (nSPS) is 18.5. The molecule has 0 spiro atoms. The first-order valence-corrected chi connectivity index (χ1v) is 7.08. The summed E-state index contributed by atoms with van der Waals surface area (Å²) in [7, 11) is 4.36. The lowest BCUT2D eigenvalue weighted by molar-refractivity contribution is 0.140. The summed E-state index contributed by atoms with van der Waals surface area (Å²) in [6.45, 7) is 5.46. The van der Waals surface area contributed by atoms with Gasteiger partial charge in [0.1, 0.15) is 0 Å². The number of piperidine rings is 1. The van der Waals surface area contributed by atoms with E-state index in [4.69, 9.17) is 11.6 Å². The summed E-state index contributed by atoms with van der Waals surface area (Å²) in [5.74, 6) is 0. The molecule has 0 saturated carbocycles. The van der Waals surface area contributed by atoms with E-state index in [1.165, 1.54) is 37.1 Å². The Hall–Kier alpha value is -0.570. The number of hydrogen-bond acceptors (Lipinski definition) is 2. The van der Waals surface area contributed by atoms with Crippen LogP contribution in [0, 0.1) is 6.92 Å². The van der Waals surface area contributed by atoms with Crippen molar-refractivity contribution in [3.8, 4) is 0 Å². The van der Waals surface area contributed by atoms with Crippen LogP contribution in [0.1, 0.15) is 24.0 Å². The second kappa shape index (κ2) is 6.05. The van der Waals surface area contributed by atoms with Crippen LogP contribution in [0.15, 0.2) is 18.2 Å². The number of aryl methyl sites for hydroxylation is 1. The summed E-state index contributed by atoms with van der Waals surface area (Å²) >= 11 is 6.26. The highest BCUT2D eigenvalue weighted by Gasteiger charge is 2.20. The SMILES string of the molecule is Cc1ccc(Cl)c(CN2CCC(N(C)C)CC2)c1. The van der Waals surface area contributed by atoms with Gasteiger partial charge in [0.05, 0.1) is 0 Å². The van der Waals surface area contributed by atoms with Crippen molar-refractivity contribution in [1.29, 1.82) is 0 Å². The molecule has 1 heterocycles.